The van der Waals surface area contributed by atoms with E-state index in [9.17, 15) is 9.59 Å². The van der Waals surface area contributed by atoms with Crippen LogP contribution >= 0.6 is 0 Å². The van der Waals surface area contributed by atoms with Crippen LogP contribution in [0.1, 0.15) is 13.3 Å². The lowest BCUT2D eigenvalue weighted by molar-refractivity contribution is -0.141. The van der Waals surface area contributed by atoms with E-state index >= 15 is 0 Å². The van der Waals surface area contributed by atoms with E-state index in [1.54, 1.807) is 0 Å². The van der Waals surface area contributed by atoms with Gasteiger partial charge in [0.1, 0.15) is 0 Å². The minimum absolute atomic E-state index is 0.208. The van der Waals surface area contributed by atoms with E-state index < -0.39 is 11.9 Å². The standard InChI is InChI=1S/C7H13NO4/c1-2-3-8(4-6(9)10)5-7(11)12/h2-5H2,1H3,(H,9,10)(H,11,12). The molecule has 0 aromatic carbocycles. The monoisotopic (exact) mass is 175 g/mol. The van der Waals surface area contributed by atoms with Crippen LogP contribution in [0.4, 0.5) is 0 Å². The molecule has 0 atom stereocenters. The lowest BCUT2D eigenvalue weighted by atomic mass is 10.4. The molecule has 0 saturated carbocycles. The Kier molecular flexibility index (Phi) is 5.03. The van der Waals surface area contributed by atoms with Crippen LogP contribution in [0.3, 0.4) is 0 Å². The fourth-order valence-electron chi connectivity index (χ4n) is 0.913. The van der Waals surface area contributed by atoms with Gasteiger partial charge in [-0.05, 0) is 13.0 Å². The molecule has 5 nitrogen and oxygen atoms in total. The van der Waals surface area contributed by atoms with E-state index in [1.807, 2.05) is 6.92 Å². The Balaban J connectivity index is 3.85. The molecule has 0 aromatic rings. The van der Waals surface area contributed by atoms with Gasteiger partial charge in [-0.1, -0.05) is 6.92 Å². The highest BCUT2D eigenvalue weighted by Gasteiger charge is 2.11. The van der Waals surface area contributed by atoms with Crippen molar-refractivity contribution in [1.82, 2.24) is 4.90 Å². The molecular weight excluding hydrogens is 162 g/mol. The van der Waals surface area contributed by atoms with Crippen molar-refractivity contribution in [2.45, 2.75) is 13.3 Å². The van der Waals surface area contributed by atoms with Crippen molar-refractivity contribution in [2.75, 3.05) is 19.6 Å². The Morgan fingerprint density at radius 3 is 1.83 bits per heavy atom. The van der Waals surface area contributed by atoms with E-state index in [4.69, 9.17) is 10.2 Å². The molecule has 2 N–H and O–H groups in total. The summed E-state index contributed by atoms with van der Waals surface area (Å²) < 4.78 is 0. The zero-order chi connectivity index (χ0) is 9.56. The number of rotatable bonds is 6. The molecule has 5 heteroatoms. The number of aliphatic carboxylic acids is 2. The first-order chi connectivity index (χ1) is 5.56. The van der Waals surface area contributed by atoms with Crippen molar-refractivity contribution in [3.63, 3.8) is 0 Å². The summed E-state index contributed by atoms with van der Waals surface area (Å²) in [5.41, 5.74) is 0. The highest BCUT2D eigenvalue weighted by molar-refractivity contribution is 5.72. The summed E-state index contributed by atoms with van der Waals surface area (Å²) in [5.74, 6) is -1.99. The number of carbonyl (C=O) groups is 2. The van der Waals surface area contributed by atoms with Gasteiger partial charge in [0.25, 0.3) is 0 Å². The van der Waals surface area contributed by atoms with E-state index in [2.05, 4.69) is 0 Å². The van der Waals surface area contributed by atoms with E-state index in [0.717, 1.165) is 6.42 Å². The zero-order valence-corrected chi connectivity index (χ0v) is 6.99. The van der Waals surface area contributed by atoms with Crippen molar-refractivity contribution in [1.29, 1.82) is 0 Å². The summed E-state index contributed by atoms with van der Waals surface area (Å²) >= 11 is 0. The maximum Gasteiger partial charge on any atom is 0.317 e. The van der Waals surface area contributed by atoms with Gasteiger partial charge in [0.15, 0.2) is 0 Å². The maximum atomic E-state index is 10.2. The molecule has 70 valence electrons. The second-order valence-corrected chi connectivity index (χ2v) is 2.50. The molecule has 12 heavy (non-hydrogen) atoms. The van der Waals surface area contributed by atoms with Gasteiger partial charge in [0.2, 0.25) is 0 Å². The predicted molar refractivity (Wildman–Crippen MR) is 42.0 cm³/mol. The van der Waals surface area contributed by atoms with Crippen LogP contribution in [0, 0.1) is 0 Å². The van der Waals surface area contributed by atoms with Crippen molar-refractivity contribution in [2.24, 2.45) is 0 Å². The lowest BCUT2D eigenvalue weighted by Gasteiger charge is -2.15. The molecule has 0 radical (unpaired) electrons. The first-order valence-electron chi connectivity index (χ1n) is 3.72. The quantitative estimate of drug-likeness (QED) is 0.587. The summed E-state index contributed by atoms with van der Waals surface area (Å²) in [5, 5.41) is 16.8. The molecule has 0 rings (SSSR count). The average Bonchev–Trinajstić information content (AvgIpc) is 1.84. The smallest absolute Gasteiger partial charge is 0.317 e. The molecule has 0 bridgehead atoms. The van der Waals surface area contributed by atoms with Crippen LogP contribution in [0.2, 0.25) is 0 Å². The second-order valence-electron chi connectivity index (χ2n) is 2.50. The van der Waals surface area contributed by atoms with Crippen molar-refractivity contribution in [3.8, 4) is 0 Å². The third-order valence-electron chi connectivity index (χ3n) is 1.26. The van der Waals surface area contributed by atoms with Crippen LogP contribution in [0.15, 0.2) is 0 Å². The lowest BCUT2D eigenvalue weighted by Crippen LogP contribution is -2.34. The van der Waals surface area contributed by atoms with Gasteiger partial charge in [-0.2, -0.15) is 0 Å². The van der Waals surface area contributed by atoms with Gasteiger partial charge in [-0.15, -0.1) is 0 Å². The SMILES string of the molecule is CCCN(CC(=O)O)CC(=O)O. The molecule has 0 aliphatic heterocycles. The van der Waals surface area contributed by atoms with Crippen molar-refractivity contribution in [3.05, 3.63) is 0 Å². The molecule has 0 heterocycles. The molecule has 0 amide bonds. The van der Waals surface area contributed by atoms with Crippen LogP contribution in [0.25, 0.3) is 0 Å². The normalized spacial score (nSPS) is 10.2. The zero-order valence-electron chi connectivity index (χ0n) is 6.99. The minimum atomic E-state index is -0.996. The average molecular weight is 175 g/mol. The Labute approximate surface area is 70.6 Å². The van der Waals surface area contributed by atoms with Gasteiger partial charge in [-0.3, -0.25) is 14.5 Å². The van der Waals surface area contributed by atoms with Gasteiger partial charge in [0.05, 0.1) is 13.1 Å². The Bertz CT molecular complexity index is 153. The maximum absolute atomic E-state index is 10.2. The van der Waals surface area contributed by atoms with E-state index in [-0.39, 0.29) is 13.1 Å². The fraction of sp³-hybridized carbons (Fsp3) is 0.714. The number of carboxylic acid groups (broad SMARTS) is 2. The predicted octanol–water partition coefficient (Wildman–Crippen LogP) is -0.132. The van der Waals surface area contributed by atoms with Crippen LogP contribution < -0.4 is 0 Å². The molecule has 0 aliphatic carbocycles. The summed E-state index contributed by atoms with van der Waals surface area (Å²) in [6, 6.07) is 0. The summed E-state index contributed by atoms with van der Waals surface area (Å²) in [6.45, 7) is 1.95. The highest BCUT2D eigenvalue weighted by atomic mass is 16.4. The third-order valence-corrected chi connectivity index (χ3v) is 1.26. The molecule has 0 aromatic heterocycles. The number of nitrogens with zero attached hydrogens (tertiary/aromatic N) is 1. The highest BCUT2D eigenvalue weighted by Crippen LogP contribution is 1.90. The summed E-state index contributed by atoms with van der Waals surface area (Å²) in [4.78, 5) is 21.8. The Morgan fingerprint density at radius 2 is 1.58 bits per heavy atom. The topological polar surface area (TPSA) is 77.8 Å². The van der Waals surface area contributed by atoms with Crippen LogP contribution in [0.5, 0.6) is 0 Å². The number of hydrogen-bond acceptors (Lipinski definition) is 3. The van der Waals surface area contributed by atoms with Gasteiger partial charge >= 0.3 is 11.9 Å². The van der Waals surface area contributed by atoms with Crippen LogP contribution in [-0.4, -0.2) is 46.7 Å². The Morgan fingerprint density at radius 1 is 1.17 bits per heavy atom. The van der Waals surface area contributed by atoms with Gasteiger partial charge in [0, 0.05) is 0 Å². The minimum Gasteiger partial charge on any atom is -0.480 e. The first kappa shape index (κ1) is 10.9. The van der Waals surface area contributed by atoms with Gasteiger partial charge in [-0.25, -0.2) is 0 Å². The molecule has 0 spiro atoms. The molecular formula is C7H13NO4. The molecule has 0 fully saturated rings. The fourth-order valence-corrected chi connectivity index (χ4v) is 0.913. The first-order valence-corrected chi connectivity index (χ1v) is 3.72. The van der Waals surface area contributed by atoms with Crippen molar-refractivity contribution >= 4 is 11.9 Å². The molecule has 0 aliphatic rings. The largest absolute Gasteiger partial charge is 0.480 e. The number of carboxylic acids is 2. The van der Waals surface area contributed by atoms with Crippen LogP contribution in [-0.2, 0) is 9.59 Å². The van der Waals surface area contributed by atoms with E-state index in [1.165, 1.54) is 4.90 Å². The second kappa shape index (κ2) is 5.54. The number of hydrogen-bond donors (Lipinski definition) is 2. The summed E-state index contributed by atoms with van der Waals surface area (Å²) in [6.07, 6.45) is 0.751. The molecule has 0 unspecified atom stereocenters. The summed E-state index contributed by atoms with van der Waals surface area (Å²) in [7, 11) is 0. The van der Waals surface area contributed by atoms with Gasteiger partial charge < -0.3 is 10.2 Å². The Hall–Kier alpha value is -1.10. The third kappa shape index (κ3) is 5.67. The van der Waals surface area contributed by atoms with Crippen molar-refractivity contribution < 1.29 is 19.8 Å². The molecule has 0 saturated heterocycles. The van der Waals surface area contributed by atoms with E-state index in [0.29, 0.717) is 6.54 Å².